The molecule has 0 saturated carbocycles. The highest BCUT2D eigenvalue weighted by Crippen LogP contribution is 2.29. The van der Waals surface area contributed by atoms with Crippen LogP contribution in [0.5, 0.6) is 0 Å². The van der Waals surface area contributed by atoms with E-state index < -0.39 is 21.8 Å². The van der Waals surface area contributed by atoms with E-state index in [-0.39, 0.29) is 24.1 Å². The van der Waals surface area contributed by atoms with Crippen LogP contribution in [0.4, 0.5) is 13.2 Å². The number of amides is 1. The van der Waals surface area contributed by atoms with E-state index in [0.717, 1.165) is 43.4 Å². The van der Waals surface area contributed by atoms with Gasteiger partial charge in [-0.15, -0.1) is 0 Å². The molecule has 0 aromatic heterocycles. The Morgan fingerprint density at radius 2 is 1.88 bits per heavy atom. The number of alkyl halides is 3. The topological polar surface area (TPSA) is 66.5 Å². The lowest BCUT2D eigenvalue weighted by Gasteiger charge is -2.36. The Hall–Kier alpha value is -1.61. The number of carbonyl (C=O) groups is 1. The number of nitrogens with one attached hydrogen (secondary N) is 1. The van der Waals surface area contributed by atoms with Crippen molar-refractivity contribution in [3.05, 3.63) is 35.4 Å². The maximum atomic E-state index is 12.6. The minimum absolute atomic E-state index is 0.102. The van der Waals surface area contributed by atoms with Crippen LogP contribution in [0, 0.1) is 0 Å². The van der Waals surface area contributed by atoms with Crippen molar-refractivity contribution in [2.75, 3.05) is 19.3 Å². The van der Waals surface area contributed by atoms with Gasteiger partial charge in [-0.05, 0) is 43.5 Å². The molecule has 1 aromatic carbocycles. The van der Waals surface area contributed by atoms with Crippen molar-refractivity contribution in [3.63, 3.8) is 0 Å². The molecule has 1 heterocycles. The Labute approximate surface area is 138 Å². The summed E-state index contributed by atoms with van der Waals surface area (Å²) in [6.07, 6.45) is -1.12. The third-order valence-electron chi connectivity index (χ3n) is 3.93. The van der Waals surface area contributed by atoms with Crippen LogP contribution >= 0.6 is 0 Å². The van der Waals surface area contributed by atoms with Crippen molar-refractivity contribution in [2.24, 2.45) is 0 Å². The summed E-state index contributed by atoms with van der Waals surface area (Å²) in [5, 5.41) is 0. The highest BCUT2D eigenvalue weighted by Gasteiger charge is 2.31. The first-order chi connectivity index (χ1) is 11.1. The van der Waals surface area contributed by atoms with Crippen LogP contribution < -0.4 is 4.72 Å². The maximum Gasteiger partial charge on any atom is 0.416 e. The average Bonchev–Trinajstić information content (AvgIpc) is 2.51. The van der Waals surface area contributed by atoms with E-state index in [4.69, 9.17) is 0 Å². The predicted octanol–water partition coefficient (Wildman–Crippen LogP) is 2.25. The second-order valence-corrected chi connectivity index (χ2v) is 7.68. The fourth-order valence-electron chi connectivity index (χ4n) is 2.70. The Bertz CT molecular complexity index is 687. The molecule has 1 saturated heterocycles. The molecule has 9 heteroatoms. The first kappa shape index (κ1) is 18.7. The van der Waals surface area contributed by atoms with Gasteiger partial charge >= 0.3 is 6.18 Å². The van der Waals surface area contributed by atoms with Crippen LogP contribution in [0.2, 0.25) is 0 Å². The summed E-state index contributed by atoms with van der Waals surface area (Å²) in [5.74, 6) is -0.385. The van der Waals surface area contributed by atoms with Gasteiger partial charge in [0.05, 0.1) is 11.8 Å². The number of hydrogen-bond donors (Lipinski definition) is 1. The normalized spacial score (nSPS) is 19.3. The minimum atomic E-state index is -4.45. The molecule has 1 atom stereocenters. The molecule has 0 unspecified atom stereocenters. The van der Waals surface area contributed by atoms with Gasteiger partial charge in [-0.25, -0.2) is 13.1 Å². The van der Waals surface area contributed by atoms with Crippen LogP contribution in [0.1, 0.15) is 35.2 Å². The number of likely N-dealkylation sites (tertiary alicyclic amines) is 1. The highest BCUT2D eigenvalue weighted by molar-refractivity contribution is 7.88. The summed E-state index contributed by atoms with van der Waals surface area (Å²) in [5.41, 5.74) is -0.651. The Morgan fingerprint density at radius 1 is 1.25 bits per heavy atom. The van der Waals surface area contributed by atoms with Crippen molar-refractivity contribution in [3.8, 4) is 0 Å². The molecular formula is C15H19F3N2O3S. The Kier molecular flexibility index (Phi) is 5.54. The standard InChI is InChI=1S/C15H19F3N2O3S/c1-24(22,23)19-10-13-4-2-3-9-20(13)14(21)11-5-7-12(8-6-11)15(16,17)18/h5-8,13,19H,2-4,9-10H2,1H3/t13-/m0/s1. The van der Waals surface area contributed by atoms with E-state index in [2.05, 4.69) is 4.72 Å². The summed E-state index contributed by atoms with van der Waals surface area (Å²) in [6.45, 7) is 0.557. The number of rotatable bonds is 4. The van der Waals surface area contributed by atoms with Crippen LogP contribution in [-0.2, 0) is 16.2 Å². The smallest absolute Gasteiger partial charge is 0.334 e. The number of carbonyl (C=O) groups excluding carboxylic acids is 1. The number of benzene rings is 1. The van der Waals surface area contributed by atoms with Crippen LogP contribution in [0.3, 0.4) is 0 Å². The lowest BCUT2D eigenvalue weighted by molar-refractivity contribution is -0.137. The van der Waals surface area contributed by atoms with E-state index in [0.29, 0.717) is 13.0 Å². The van der Waals surface area contributed by atoms with Gasteiger partial charge in [-0.3, -0.25) is 4.79 Å². The van der Waals surface area contributed by atoms with E-state index in [1.54, 1.807) is 0 Å². The third kappa shape index (κ3) is 4.94. The number of piperidine rings is 1. The van der Waals surface area contributed by atoms with Gasteiger partial charge in [0.25, 0.3) is 5.91 Å². The van der Waals surface area contributed by atoms with E-state index in [9.17, 15) is 26.4 Å². The van der Waals surface area contributed by atoms with Crippen molar-refractivity contribution in [1.29, 1.82) is 0 Å². The molecule has 1 aliphatic heterocycles. The van der Waals surface area contributed by atoms with Crippen molar-refractivity contribution in [1.82, 2.24) is 9.62 Å². The average molecular weight is 364 g/mol. The minimum Gasteiger partial charge on any atom is -0.334 e. The highest BCUT2D eigenvalue weighted by atomic mass is 32.2. The van der Waals surface area contributed by atoms with E-state index in [1.165, 1.54) is 4.90 Å². The van der Waals surface area contributed by atoms with Crippen molar-refractivity contribution < 1.29 is 26.4 Å². The number of nitrogens with zero attached hydrogens (tertiary/aromatic N) is 1. The Morgan fingerprint density at radius 3 is 2.42 bits per heavy atom. The van der Waals surface area contributed by atoms with Gasteiger partial charge in [0.15, 0.2) is 0 Å². The molecule has 0 radical (unpaired) electrons. The summed E-state index contributed by atoms with van der Waals surface area (Å²) in [7, 11) is -3.37. The quantitative estimate of drug-likeness (QED) is 0.891. The van der Waals surface area contributed by atoms with Gasteiger partial charge in [0.2, 0.25) is 10.0 Å². The zero-order valence-corrected chi connectivity index (χ0v) is 14.0. The number of hydrogen-bond acceptors (Lipinski definition) is 3. The molecule has 0 aliphatic carbocycles. The molecule has 5 nitrogen and oxygen atoms in total. The molecule has 1 amide bonds. The molecule has 1 N–H and O–H groups in total. The molecule has 0 spiro atoms. The Balaban J connectivity index is 2.13. The van der Waals surface area contributed by atoms with Gasteiger partial charge < -0.3 is 4.90 Å². The van der Waals surface area contributed by atoms with E-state index >= 15 is 0 Å². The van der Waals surface area contributed by atoms with Gasteiger partial charge in [-0.1, -0.05) is 0 Å². The van der Waals surface area contributed by atoms with E-state index in [1.807, 2.05) is 0 Å². The van der Waals surface area contributed by atoms with Crippen molar-refractivity contribution in [2.45, 2.75) is 31.5 Å². The fourth-order valence-corrected chi connectivity index (χ4v) is 3.19. The summed E-state index contributed by atoms with van der Waals surface area (Å²) >= 11 is 0. The first-order valence-electron chi connectivity index (χ1n) is 7.51. The molecular weight excluding hydrogens is 345 g/mol. The van der Waals surface area contributed by atoms with Crippen LogP contribution in [0.25, 0.3) is 0 Å². The number of halogens is 3. The lowest BCUT2D eigenvalue weighted by atomic mass is 10.0. The lowest BCUT2D eigenvalue weighted by Crippen LogP contribution is -2.49. The first-order valence-corrected chi connectivity index (χ1v) is 9.40. The summed E-state index contributed by atoms with van der Waals surface area (Å²) < 4.78 is 62.6. The van der Waals surface area contributed by atoms with Gasteiger partial charge in [0, 0.05) is 24.7 Å². The molecule has 134 valence electrons. The van der Waals surface area contributed by atoms with Gasteiger partial charge in [-0.2, -0.15) is 13.2 Å². The molecule has 1 aliphatic rings. The third-order valence-corrected chi connectivity index (χ3v) is 4.62. The molecule has 2 rings (SSSR count). The largest absolute Gasteiger partial charge is 0.416 e. The van der Waals surface area contributed by atoms with Crippen LogP contribution in [-0.4, -0.2) is 44.6 Å². The second-order valence-electron chi connectivity index (χ2n) is 5.84. The maximum absolute atomic E-state index is 12.6. The molecule has 1 fully saturated rings. The van der Waals surface area contributed by atoms with Crippen LogP contribution in [0.15, 0.2) is 24.3 Å². The molecule has 0 bridgehead atoms. The molecule has 24 heavy (non-hydrogen) atoms. The number of sulfonamides is 1. The fraction of sp³-hybridized carbons (Fsp3) is 0.533. The zero-order valence-electron chi connectivity index (χ0n) is 13.1. The predicted molar refractivity (Wildman–Crippen MR) is 83.0 cm³/mol. The summed E-state index contributed by atoms with van der Waals surface area (Å²) in [4.78, 5) is 14.1. The molecule has 1 aromatic rings. The summed E-state index contributed by atoms with van der Waals surface area (Å²) in [6, 6.07) is 3.76. The zero-order chi connectivity index (χ0) is 18.0. The second kappa shape index (κ2) is 7.10. The SMILES string of the molecule is CS(=O)(=O)NC[C@@H]1CCCCN1C(=O)c1ccc(C(F)(F)F)cc1. The van der Waals surface area contributed by atoms with Gasteiger partial charge in [0.1, 0.15) is 0 Å². The van der Waals surface area contributed by atoms with Crippen molar-refractivity contribution >= 4 is 15.9 Å². The monoisotopic (exact) mass is 364 g/mol.